The van der Waals surface area contributed by atoms with Crippen LogP contribution in [0.2, 0.25) is 0 Å². The zero-order chi connectivity index (χ0) is 16.3. The molecule has 0 aliphatic carbocycles. The third kappa shape index (κ3) is 3.09. The minimum Gasteiger partial charge on any atom is -0.336 e. The second kappa shape index (κ2) is 6.15. The third-order valence-corrected chi connectivity index (χ3v) is 4.38. The summed E-state index contributed by atoms with van der Waals surface area (Å²) in [6.07, 6.45) is 0. The highest BCUT2D eigenvalue weighted by molar-refractivity contribution is 7.13. The Kier molecular flexibility index (Phi) is 4.47. The second-order valence-electron chi connectivity index (χ2n) is 5.35. The van der Waals surface area contributed by atoms with E-state index in [-0.39, 0.29) is 12.5 Å². The van der Waals surface area contributed by atoms with E-state index in [1.807, 2.05) is 25.3 Å². The maximum atomic E-state index is 12.2. The fourth-order valence-corrected chi connectivity index (χ4v) is 2.48. The maximum absolute atomic E-state index is 12.2. The highest BCUT2D eigenvalue weighted by Crippen LogP contribution is 2.21. The summed E-state index contributed by atoms with van der Waals surface area (Å²) in [7, 11) is 0. The molecule has 0 aliphatic rings. The molecule has 1 atom stereocenters. The van der Waals surface area contributed by atoms with Crippen LogP contribution < -0.4 is 11.1 Å². The number of hydrogen-bond donors (Lipinski definition) is 1. The first kappa shape index (κ1) is 16.0. The molecular formula is C14H16N4O3S. The van der Waals surface area contributed by atoms with Gasteiger partial charge < -0.3 is 5.32 Å². The van der Waals surface area contributed by atoms with Gasteiger partial charge in [0.2, 0.25) is 5.91 Å². The van der Waals surface area contributed by atoms with Crippen LogP contribution in [0.4, 0.5) is 0 Å². The van der Waals surface area contributed by atoms with Crippen LogP contribution in [0.1, 0.15) is 20.8 Å². The summed E-state index contributed by atoms with van der Waals surface area (Å²) in [5.74, 6) is -0.918. The Bertz CT molecular complexity index is 754. The molecule has 0 aliphatic heterocycles. The van der Waals surface area contributed by atoms with Gasteiger partial charge in [-0.15, -0.1) is 11.3 Å². The molecule has 0 aromatic carbocycles. The number of thiophene rings is 1. The van der Waals surface area contributed by atoms with Gasteiger partial charge in [0.05, 0.1) is 10.9 Å². The van der Waals surface area contributed by atoms with Crippen molar-refractivity contribution in [1.82, 2.24) is 15.0 Å². The molecule has 2 rings (SSSR count). The van der Waals surface area contributed by atoms with Crippen molar-refractivity contribution in [3.63, 3.8) is 0 Å². The first-order valence-corrected chi connectivity index (χ1v) is 7.58. The van der Waals surface area contributed by atoms with E-state index in [4.69, 9.17) is 0 Å². The van der Waals surface area contributed by atoms with E-state index in [0.29, 0.717) is 5.82 Å². The van der Waals surface area contributed by atoms with Crippen LogP contribution in [0.5, 0.6) is 0 Å². The normalized spacial score (nSPS) is 13.6. The Labute approximate surface area is 131 Å². The van der Waals surface area contributed by atoms with E-state index in [1.54, 1.807) is 13.0 Å². The summed E-state index contributed by atoms with van der Waals surface area (Å²) >= 11 is 1.39. The zero-order valence-corrected chi connectivity index (χ0v) is 13.3. The summed E-state index contributed by atoms with van der Waals surface area (Å²) in [4.78, 5) is 24.6. The van der Waals surface area contributed by atoms with Gasteiger partial charge in [-0.2, -0.15) is 5.26 Å². The molecule has 0 saturated carbocycles. The molecule has 2 heterocycles. The molecule has 1 amide bonds. The number of aromatic nitrogens is 2. The van der Waals surface area contributed by atoms with E-state index in [9.17, 15) is 14.9 Å². The van der Waals surface area contributed by atoms with E-state index in [1.165, 1.54) is 11.3 Å². The lowest BCUT2D eigenvalue weighted by molar-refractivity contribution is -0.123. The van der Waals surface area contributed by atoms with Crippen molar-refractivity contribution in [3.05, 3.63) is 28.1 Å². The van der Waals surface area contributed by atoms with Crippen molar-refractivity contribution in [2.45, 2.75) is 32.9 Å². The zero-order valence-electron chi connectivity index (χ0n) is 12.5. The average Bonchev–Trinajstić information content (AvgIpc) is 3.09. The van der Waals surface area contributed by atoms with Crippen LogP contribution in [0.3, 0.4) is 0 Å². The predicted molar refractivity (Wildman–Crippen MR) is 81.1 cm³/mol. The highest BCUT2D eigenvalue weighted by Gasteiger charge is 2.30. The topological polar surface area (TPSA) is 101 Å². The summed E-state index contributed by atoms with van der Waals surface area (Å²) in [5, 5.41) is 17.4. The Morgan fingerprint density at radius 2 is 2.36 bits per heavy atom. The molecule has 1 unspecified atom stereocenters. The van der Waals surface area contributed by atoms with E-state index >= 15 is 0 Å². The van der Waals surface area contributed by atoms with E-state index in [0.717, 1.165) is 9.44 Å². The van der Waals surface area contributed by atoms with Gasteiger partial charge in [-0.1, -0.05) is 25.1 Å². The van der Waals surface area contributed by atoms with Gasteiger partial charge in [-0.3, -0.25) is 9.32 Å². The second-order valence-corrected chi connectivity index (χ2v) is 6.30. The van der Waals surface area contributed by atoms with Gasteiger partial charge in [-0.05, 0) is 24.3 Å². The molecule has 1 N–H and O–H groups in total. The van der Waals surface area contributed by atoms with Gasteiger partial charge >= 0.3 is 5.76 Å². The highest BCUT2D eigenvalue weighted by atomic mass is 32.1. The molecule has 0 spiro atoms. The molecule has 116 valence electrons. The molecule has 0 radical (unpaired) electrons. The first-order valence-electron chi connectivity index (χ1n) is 6.70. The number of nitrogens with zero attached hydrogens (tertiary/aromatic N) is 3. The standard InChI is InChI=1S/C14H16N4O3S/c1-9(2)14(3,8-15)16-11(19)7-18-12(17-21-13(18)20)10-5-4-6-22-10/h4-6,9H,7H2,1-3H3,(H,16,19). The third-order valence-electron chi connectivity index (χ3n) is 3.52. The van der Waals surface area contributed by atoms with Crippen molar-refractivity contribution in [3.8, 4) is 16.8 Å². The molecule has 0 bridgehead atoms. The van der Waals surface area contributed by atoms with Crippen LogP contribution >= 0.6 is 11.3 Å². The fourth-order valence-electron chi connectivity index (χ4n) is 1.76. The number of amides is 1. The number of carbonyl (C=O) groups excluding carboxylic acids is 1. The number of carbonyl (C=O) groups is 1. The molecular weight excluding hydrogens is 304 g/mol. The van der Waals surface area contributed by atoms with Crippen LogP contribution in [0, 0.1) is 17.2 Å². The molecule has 22 heavy (non-hydrogen) atoms. The Morgan fingerprint density at radius 1 is 1.64 bits per heavy atom. The molecule has 8 heteroatoms. The summed E-state index contributed by atoms with van der Waals surface area (Å²) in [5.41, 5.74) is -0.999. The van der Waals surface area contributed by atoms with Gasteiger partial charge in [0, 0.05) is 0 Å². The summed E-state index contributed by atoms with van der Waals surface area (Å²) < 4.78 is 5.80. The lowest BCUT2D eigenvalue weighted by Gasteiger charge is -2.27. The van der Waals surface area contributed by atoms with E-state index in [2.05, 4.69) is 21.1 Å². The van der Waals surface area contributed by atoms with Crippen LogP contribution in [0.15, 0.2) is 26.8 Å². The van der Waals surface area contributed by atoms with Gasteiger partial charge in [0.1, 0.15) is 12.1 Å². The van der Waals surface area contributed by atoms with Gasteiger partial charge in [0.15, 0.2) is 5.82 Å². The van der Waals surface area contributed by atoms with Crippen LogP contribution in [0.25, 0.3) is 10.7 Å². The van der Waals surface area contributed by atoms with Crippen LogP contribution in [-0.2, 0) is 11.3 Å². The smallest absolute Gasteiger partial charge is 0.336 e. The van der Waals surface area contributed by atoms with Crippen molar-refractivity contribution in [2.75, 3.05) is 0 Å². The molecule has 7 nitrogen and oxygen atoms in total. The van der Waals surface area contributed by atoms with Crippen molar-refractivity contribution in [1.29, 1.82) is 5.26 Å². The lowest BCUT2D eigenvalue weighted by Crippen LogP contribution is -2.50. The van der Waals surface area contributed by atoms with Crippen molar-refractivity contribution >= 4 is 17.2 Å². The average molecular weight is 320 g/mol. The van der Waals surface area contributed by atoms with Crippen molar-refractivity contribution < 1.29 is 9.32 Å². The SMILES string of the molecule is CC(C)C(C)(C#N)NC(=O)Cn1c(-c2cccs2)noc1=O. The quantitative estimate of drug-likeness (QED) is 0.902. The number of hydrogen-bond acceptors (Lipinski definition) is 6. The number of rotatable bonds is 5. The monoisotopic (exact) mass is 320 g/mol. The Balaban J connectivity index is 2.22. The Morgan fingerprint density at radius 3 is 2.91 bits per heavy atom. The first-order chi connectivity index (χ1) is 10.4. The van der Waals surface area contributed by atoms with Crippen LogP contribution in [-0.4, -0.2) is 21.2 Å². The van der Waals surface area contributed by atoms with Gasteiger partial charge in [0.25, 0.3) is 0 Å². The molecule has 0 saturated heterocycles. The summed E-state index contributed by atoms with van der Waals surface area (Å²) in [6, 6.07) is 5.69. The summed E-state index contributed by atoms with van der Waals surface area (Å²) in [6.45, 7) is 5.07. The molecule has 2 aromatic rings. The van der Waals surface area contributed by atoms with Crippen molar-refractivity contribution in [2.24, 2.45) is 5.92 Å². The lowest BCUT2D eigenvalue weighted by atomic mass is 9.90. The predicted octanol–water partition coefficient (Wildman–Crippen LogP) is 1.62. The minimum atomic E-state index is -0.999. The Hall–Kier alpha value is -2.40. The fraction of sp³-hybridized carbons (Fsp3) is 0.429. The van der Waals surface area contributed by atoms with E-state index < -0.39 is 17.2 Å². The molecule has 0 fully saturated rings. The number of nitriles is 1. The largest absolute Gasteiger partial charge is 0.442 e. The molecule has 2 aromatic heterocycles. The maximum Gasteiger partial charge on any atom is 0.442 e. The minimum absolute atomic E-state index is 0.0718. The van der Waals surface area contributed by atoms with Gasteiger partial charge in [-0.25, -0.2) is 9.36 Å². The number of nitrogens with one attached hydrogen (secondary N) is 1.